The zero-order valence-corrected chi connectivity index (χ0v) is 10.1. The number of nitrogens with zero attached hydrogens (tertiary/aromatic N) is 2. The number of nitrogen functional groups attached to an aromatic ring is 1. The molecule has 4 nitrogen and oxygen atoms in total. The van der Waals surface area contributed by atoms with Gasteiger partial charge in [0.15, 0.2) is 0 Å². The average Bonchev–Trinajstić information content (AvgIpc) is 2.53. The Balaban J connectivity index is 2.39. The first-order valence-electron chi connectivity index (χ1n) is 6.04. The Labute approximate surface area is 96.7 Å². The molecule has 0 fully saturated rings. The van der Waals surface area contributed by atoms with Crippen LogP contribution in [0, 0.1) is 0 Å². The second-order valence-electron chi connectivity index (χ2n) is 4.46. The summed E-state index contributed by atoms with van der Waals surface area (Å²) in [7, 11) is 1.91. The van der Waals surface area contributed by atoms with Crippen LogP contribution < -0.4 is 11.1 Å². The Morgan fingerprint density at radius 1 is 1.19 bits per heavy atom. The van der Waals surface area contributed by atoms with Crippen molar-refractivity contribution in [1.82, 2.24) is 15.3 Å². The molecule has 0 saturated carbocycles. The maximum absolute atomic E-state index is 6.03. The highest BCUT2D eigenvalue weighted by molar-refractivity contribution is 5.43. The summed E-state index contributed by atoms with van der Waals surface area (Å²) in [6.45, 7) is 2.05. The van der Waals surface area contributed by atoms with E-state index in [0.717, 1.165) is 18.7 Å². The van der Waals surface area contributed by atoms with Crippen molar-refractivity contribution in [1.29, 1.82) is 0 Å². The molecule has 1 aliphatic rings. The van der Waals surface area contributed by atoms with Gasteiger partial charge < -0.3 is 11.1 Å². The molecular formula is C12H20N4. The predicted molar refractivity (Wildman–Crippen MR) is 65.2 cm³/mol. The van der Waals surface area contributed by atoms with Crippen LogP contribution in [0.4, 0.5) is 5.82 Å². The van der Waals surface area contributed by atoms with Crippen LogP contribution in [0.1, 0.15) is 49.3 Å². The van der Waals surface area contributed by atoms with Crippen LogP contribution in [0.15, 0.2) is 0 Å². The van der Waals surface area contributed by atoms with Gasteiger partial charge >= 0.3 is 0 Å². The van der Waals surface area contributed by atoms with Gasteiger partial charge in [0, 0.05) is 11.3 Å². The van der Waals surface area contributed by atoms with Gasteiger partial charge in [-0.15, -0.1) is 0 Å². The molecule has 1 atom stereocenters. The van der Waals surface area contributed by atoms with Crippen LogP contribution in [0.3, 0.4) is 0 Å². The zero-order chi connectivity index (χ0) is 11.5. The minimum atomic E-state index is 0.163. The molecule has 1 aliphatic carbocycles. The summed E-state index contributed by atoms with van der Waals surface area (Å²) in [5.41, 5.74) is 8.38. The van der Waals surface area contributed by atoms with Gasteiger partial charge in [-0.1, -0.05) is 6.42 Å². The Kier molecular flexibility index (Phi) is 3.39. The van der Waals surface area contributed by atoms with E-state index in [2.05, 4.69) is 22.2 Å². The smallest absolute Gasteiger partial charge is 0.147 e. The van der Waals surface area contributed by atoms with Crippen molar-refractivity contribution in [3.63, 3.8) is 0 Å². The maximum atomic E-state index is 6.03. The third-order valence-electron chi connectivity index (χ3n) is 3.30. The largest absolute Gasteiger partial charge is 0.383 e. The van der Waals surface area contributed by atoms with E-state index in [0.29, 0.717) is 5.82 Å². The Bertz CT molecular complexity index is 376. The van der Waals surface area contributed by atoms with Crippen molar-refractivity contribution in [3.05, 3.63) is 17.1 Å². The number of aromatic nitrogens is 2. The van der Waals surface area contributed by atoms with Gasteiger partial charge in [-0.3, -0.25) is 0 Å². The van der Waals surface area contributed by atoms with Crippen LogP contribution in [0.5, 0.6) is 0 Å². The third kappa shape index (κ3) is 2.16. The zero-order valence-electron chi connectivity index (χ0n) is 10.1. The Morgan fingerprint density at radius 2 is 1.94 bits per heavy atom. The summed E-state index contributed by atoms with van der Waals surface area (Å²) in [6, 6.07) is 0.163. The number of rotatable bonds is 2. The summed E-state index contributed by atoms with van der Waals surface area (Å²) >= 11 is 0. The highest BCUT2D eigenvalue weighted by atomic mass is 15.0. The lowest BCUT2D eigenvalue weighted by Crippen LogP contribution is -2.18. The highest BCUT2D eigenvalue weighted by Crippen LogP contribution is 2.24. The van der Waals surface area contributed by atoms with Gasteiger partial charge in [0.05, 0.1) is 6.04 Å². The van der Waals surface area contributed by atoms with Crippen LogP contribution in [-0.4, -0.2) is 17.0 Å². The molecule has 0 aliphatic heterocycles. The molecule has 16 heavy (non-hydrogen) atoms. The van der Waals surface area contributed by atoms with Crippen molar-refractivity contribution in [3.8, 4) is 0 Å². The number of hydrogen-bond donors (Lipinski definition) is 2. The lowest BCUT2D eigenvalue weighted by atomic mass is 10.1. The summed E-state index contributed by atoms with van der Waals surface area (Å²) in [6.07, 6.45) is 5.78. The monoisotopic (exact) mass is 220 g/mol. The van der Waals surface area contributed by atoms with E-state index in [1.54, 1.807) is 0 Å². The SMILES string of the molecule is CNC(C)c1nc(N)c2c(n1)CCCCC2. The average molecular weight is 220 g/mol. The number of aryl methyl sites for hydroxylation is 1. The Morgan fingerprint density at radius 3 is 2.69 bits per heavy atom. The Hall–Kier alpha value is -1.16. The first-order chi connectivity index (χ1) is 7.72. The van der Waals surface area contributed by atoms with E-state index in [4.69, 9.17) is 5.73 Å². The van der Waals surface area contributed by atoms with E-state index in [1.165, 1.54) is 30.5 Å². The van der Waals surface area contributed by atoms with Crippen LogP contribution in [-0.2, 0) is 12.8 Å². The fraction of sp³-hybridized carbons (Fsp3) is 0.667. The van der Waals surface area contributed by atoms with Crippen molar-refractivity contribution in [2.75, 3.05) is 12.8 Å². The van der Waals surface area contributed by atoms with E-state index in [-0.39, 0.29) is 6.04 Å². The molecule has 4 heteroatoms. The summed E-state index contributed by atoms with van der Waals surface area (Å²) in [5, 5.41) is 3.15. The number of nitrogens with two attached hydrogens (primary N) is 1. The third-order valence-corrected chi connectivity index (χ3v) is 3.30. The van der Waals surface area contributed by atoms with E-state index < -0.39 is 0 Å². The predicted octanol–water partition coefficient (Wildman–Crippen LogP) is 1.61. The molecule has 1 aromatic heterocycles. The molecule has 0 spiro atoms. The molecule has 1 aromatic rings. The molecule has 0 amide bonds. The van der Waals surface area contributed by atoms with Gasteiger partial charge in [0.2, 0.25) is 0 Å². The molecular weight excluding hydrogens is 200 g/mol. The molecule has 0 saturated heterocycles. The van der Waals surface area contributed by atoms with Gasteiger partial charge in [0.25, 0.3) is 0 Å². The number of anilines is 1. The van der Waals surface area contributed by atoms with Crippen LogP contribution in [0.25, 0.3) is 0 Å². The summed E-state index contributed by atoms with van der Waals surface area (Å²) in [4.78, 5) is 9.05. The summed E-state index contributed by atoms with van der Waals surface area (Å²) in [5.74, 6) is 1.50. The highest BCUT2D eigenvalue weighted by Gasteiger charge is 2.16. The van der Waals surface area contributed by atoms with E-state index in [1.807, 2.05) is 7.05 Å². The molecule has 1 unspecified atom stereocenters. The minimum absolute atomic E-state index is 0.163. The van der Waals surface area contributed by atoms with Crippen LogP contribution >= 0.6 is 0 Å². The van der Waals surface area contributed by atoms with Gasteiger partial charge in [-0.25, -0.2) is 9.97 Å². The first-order valence-corrected chi connectivity index (χ1v) is 6.04. The van der Waals surface area contributed by atoms with Gasteiger partial charge in [0.1, 0.15) is 11.6 Å². The number of nitrogens with one attached hydrogen (secondary N) is 1. The van der Waals surface area contributed by atoms with Crippen molar-refractivity contribution < 1.29 is 0 Å². The normalized spacial score (nSPS) is 17.6. The fourth-order valence-corrected chi connectivity index (χ4v) is 2.14. The molecule has 1 heterocycles. The quantitative estimate of drug-likeness (QED) is 0.743. The number of hydrogen-bond acceptors (Lipinski definition) is 4. The van der Waals surface area contributed by atoms with Crippen molar-refractivity contribution >= 4 is 5.82 Å². The minimum Gasteiger partial charge on any atom is -0.383 e. The molecule has 3 N–H and O–H groups in total. The second kappa shape index (κ2) is 4.78. The van der Waals surface area contributed by atoms with Crippen molar-refractivity contribution in [2.24, 2.45) is 0 Å². The lowest BCUT2D eigenvalue weighted by Gasteiger charge is -2.14. The number of fused-ring (bicyclic) bond motifs is 1. The topological polar surface area (TPSA) is 63.8 Å². The molecule has 0 radical (unpaired) electrons. The molecule has 0 bridgehead atoms. The fourth-order valence-electron chi connectivity index (χ4n) is 2.14. The first kappa shape index (κ1) is 11.3. The lowest BCUT2D eigenvalue weighted by molar-refractivity contribution is 0.604. The van der Waals surface area contributed by atoms with Gasteiger partial charge in [-0.2, -0.15) is 0 Å². The molecule has 0 aromatic carbocycles. The summed E-state index contributed by atoms with van der Waals surface area (Å²) < 4.78 is 0. The maximum Gasteiger partial charge on any atom is 0.147 e. The van der Waals surface area contributed by atoms with Crippen LogP contribution in [0.2, 0.25) is 0 Å². The molecule has 88 valence electrons. The van der Waals surface area contributed by atoms with Crippen molar-refractivity contribution in [2.45, 2.75) is 45.1 Å². The second-order valence-corrected chi connectivity index (χ2v) is 4.46. The standard InChI is InChI=1S/C12H20N4/c1-8(14-2)12-15-10-7-5-3-4-6-9(10)11(13)16-12/h8,14H,3-7H2,1-2H3,(H2,13,15,16). The molecule has 2 rings (SSSR count). The van der Waals surface area contributed by atoms with Gasteiger partial charge in [-0.05, 0) is 39.7 Å². The van der Waals surface area contributed by atoms with E-state index in [9.17, 15) is 0 Å². The van der Waals surface area contributed by atoms with E-state index >= 15 is 0 Å².